The highest BCUT2D eigenvalue weighted by molar-refractivity contribution is 6.57. The Kier molecular flexibility index (Phi) is 4.62. The second kappa shape index (κ2) is 5.53. The van der Waals surface area contributed by atoms with Gasteiger partial charge in [-0.15, -0.1) is 0 Å². The second-order valence-electron chi connectivity index (χ2n) is 3.65. The quantitative estimate of drug-likeness (QED) is 0.721. The van der Waals surface area contributed by atoms with E-state index in [1.54, 1.807) is 0 Å². The van der Waals surface area contributed by atoms with Crippen LogP contribution in [0.4, 0.5) is 0 Å². The Hall–Kier alpha value is -0.530. The fourth-order valence-corrected chi connectivity index (χ4v) is 1.51. The Bertz CT molecular complexity index is 314. The summed E-state index contributed by atoms with van der Waals surface area (Å²) in [6.07, 6.45) is 2.10. The van der Waals surface area contributed by atoms with Crippen molar-refractivity contribution in [2.75, 3.05) is 0 Å². The predicted octanol–water partition coefficient (Wildman–Crippen LogP) is 3.77. The Morgan fingerprint density at radius 1 is 1.27 bits per heavy atom. The molecule has 82 valence electrons. The van der Waals surface area contributed by atoms with Crippen molar-refractivity contribution in [3.8, 4) is 0 Å². The number of carbonyl (C=O) groups is 1. The molecular formula is C12H14Cl2O. The average Bonchev–Trinajstić information content (AvgIpc) is 2.18. The lowest BCUT2D eigenvalue weighted by Crippen LogP contribution is -2.21. The summed E-state index contributed by atoms with van der Waals surface area (Å²) in [5, 5.41) is 0. The van der Waals surface area contributed by atoms with Crippen molar-refractivity contribution >= 4 is 29.0 Å². The molecule has 0 heterocycles. The Morgan fingerprint density at radius 3 is 2.40 bits per heavy atom. The smallest absolute Gasteiger partial charge is 0.173 e. The molecule has 0 bridgehead atoms. The first-order chi connectivity index (χ1) is 7.00. The molecule has 1 rings (SSSR count). The molecule has 0 fully saturated rings. The molecule has 1 aromatic carbocycles. The van der Waals surface area contributed by atoms with Crippen LogP contribution in [0.15, 0.2) is 30.3 Å². The highest BCUT2D eigenvalue weighted by Crippen LogP contribution is 2.23. The van der Waals surface area contributed by atoms with Gasteiger partial charge in [-0.2, -0.15) is 0 Å². The van der Waals surface area contributed by atoms with Gasteiger partial charge in [0.1, 0.15) is 0 Å². The third-order valence-electron chi connectivity index (χ3n) is 2.20. The molecule has 0 aliphatic heterocycles. The molecule has 1 nitrogen and oxygen atoms in total. The lowest BCUT2D eigenvalue weighted by atomic mass is 10.1. The summed E-state index contributed by atoms with van der Waals surface area (Å²) in [7, 11) is 0. The monoisotopic (exact) mass is 244 g/mol. The molecule has 0 aliphatic carbocycles. The molecule has 0 saturated heterocycles. The number of hydrogen-bond donors (Lipinski definition) is 0. The number of aryl methyl sites for hydroxylation is 1. The van der Waals surface area contributed by atoms with Crippen LogP contribution in [-0.4, -0.2) is 10.1 Å². The Labute approximate surface area is 100 Å². The van der Waals surface area contributed by atoms with Gasteiger partial charge in [-0.25, -0.2) is 0 Å². The van der Waals surface area contributed by atoms with Crippen molar-refractivity contribution in [2.24, 2.45) is 0 Å². The van der Waals surface area contributed by atoms with Gasteiger partial charge in [0.25, 0.3) is 0 Å². The molecule has 0 aromatic heterocycles. The molecule has 0 spiro atoms. The number of Topliss-reactive ketones (excluding diaryl/α,β-unsaturated/α-hetero) is 1. The summed E-state index contributed by atoms with van der Waals surface area (Å²) < 4.78 is -1.24. The molecule has 0 unspecified atom stereocenters. The highest BCUT2D eigenvalue weighted by atomic mass is 35.5. The van der Waals surface area contributed by atoms with Crippen molar-refractivity contribution < 1.29 is 4.79 Å². The Balaban J connectivity index is 2.32. The van der Waals surface area contributed by atoms with Gasteiger partial charge in [0.15, 0.2) is 10.1 Å². The fraction of sp³-hybridized carbons (Fsp3) is 0.417. The number of rotatable bonds is 5. The van der Waals surface area contributed by atoms with Gasteiger partial charge in [0.2, 0.25) is 0 Å². The standard InChI is InChI=1S/C12H14Cl2O/c1-12(13,14)11(15)9-5-8-10-6-3-2-4-7-10/h2-4,6-7H,5,8-9H2,1H3. The van der Waals surface area contributed by atoms with Crippen LogP contribution in [-0.2, 0) is 11.2 Å². The van der Waals surface area contributed by atoms with Gasteiger partial charge in [-0.05, 0) is 25.3 Å². The maximum absolute atomic E-state index is 11.4. The third-order valence-corrected chi connectivity index (χ3v) is 2.62. The molecular weight excluding hydrogens is 231 g/mol. The van der Waals surface area contributed by atoms with Crippen LogP contribution in [0.25, 0.3) is 0 Å². The van der Waals surface area contributed by atoms with Crippen LogP contribution in [0.3, 0.4) is 0 Å². The first-order valence-electron chi connectivity index (χ1n) is 4.95. The van der Waals surface area contributed by atoms with E-state index in [1.807, 2.05) is 30.3 Å². The Morgan fingerprint density at radius 2 is 1.87 bits per heavy atom. The minimum absolute atomic E-state index is 0.109. The fourth-order valence-electron chi connectivity index (χ4n) is 1.32. The van der Waals surface area contributed by atoms with E-state index in [-0.39, 0.29) is 5.78 Å². The van der Waals surface area contributed by atoms with Gasteiger partial charge in [0.05, 0.1) is 0 Å². The lowest BCUT2D eigenvalue weighted by Gasteiger charge is -2.10. The number of carbonyl (C=O) groups excluding carboxylic acids is 1. The summed E-state index contributed by atoms with van der Waals surface area (Å²) in [6, 6.07) is 10.0. The summed E-state index contributed by atoms with van der Waals surface area (Å²) in [5.74, 6) is -0.109. The van der Waals surface area contributed by atoms with Gasteiger partial charge < -0.3 is 0 Å². The number of benzene rings is 1. The van der Waals surface area contributed by atoms with Crippen LogP contribution >= 0.6 is 23.2 Å². The summed E-state index contributed by atoms with van der Waals surface area (Å²) in [6.45, 7) is 1.51. The lowest BCUT2D eigenvalue weighted by molar-refractivity contribution is -0.119. The van der Waals surface area contributed by atoms with Gasteiger partial charge in [-0.1, -0.05) is 53.5 Å². The predicted molar refractivity (Wildman–Crippen MR) is 64.5 cm³/mol. The first kappa shape index (κ1) is 12.5. The minimum Gasteiger partial charge on any atom is -0.296 e. The zero-order chi connectivity index (χ0) is 11.3. The van der Waals surface area contributed by atoms with Gasteiger partial charge in [-0.3, -0.25) is 4.79 Å². The van der Waals surface area contributed by atoms with E-state index in [0.717, 1.165) is 12.8 Å². The van der Waals surface area contributed by atoms with E-state index in [1.165, 1.54) is 12.5 Å². The molecule has 0 radical (unpaired) electrons. The van der Waals surface area contributed by atoms with Gasteiger partial charge in [0, 0.05) is 6.42 Å². The minimum atomic E-state index is -1.24. The average molecular weight is 245 g/mol. The van der Waals surface area contributed by atoms with Crippen LogP contribution in [0.5, 0.6) is 0 Å². The van der Waals surface area contributed by atoms with Crippen molar-refractivity contribution in [3.05, 3.63) is 35.9 Å². The zero-order valence-electron chi connectivity index (χ0n) is 8.67. The summed E-state index contributed by atoms with van der Waals surface area (Å²) in [5.41, 5.74) is 1.23. The summed E-state index contributed by atoms with van der Waals surface area (Å²) in [4.78, 5) is 11.4. The maximum atomic E-state index is 11.4. The van der Waals surface area contributed by atoms with Crippen LogP contribution in [0, 0.1) is 0 Å². The molecule has 0 saturated carbocycles. The van der Waals surface area contributed by atoms with Gasteiger partial charge >= 0.3 is 0 Å². The van der Waals surface area contributed by atoms with E-state index >= 15 is 0 Å². The van der Waals surface area contributed by atoms with Crippen molar-refractivity contribution in [2.45, 2.75) is 30.5 Å². The normalized spacial score (nSPS) is 11.4. The van der Waals surface area contributed by atoms with E-state index in [9.17, 15) is 4.79 Å². The van der Waals surface area contributed by atoms with Crippen LogP contribution < -0.4 is 0 Å². The molecule has 1 aromatic rings. The van der Waals surface area contributed by atoms with Crippen molar-refractivity contribution in [1.29, 1.82) is 0 Å². The largest absolute Gasteiger partial charge is 0.296 e. The van der Waals surface area contributed by atoms with E-state index in [2.05, 4.69) is 0 Å². The highest BCUT2D eigenvalue weighted by Gasteiger charge is 2.25. The number of hydrogen-bond acceptors (Lipinski definition) is 1. The molecule has 0 atom stereocenters. The SMILES string of the molecule is CC(Cl)(Cl)C(=O)CCCc1ccccc1. The van der Waals surface area contributed by atoms with Crippen LogP contribution in [0.1, 0.15) is 25.3 Å². The maximum Gasteiger partial charge on any atom is 0.173 e. The third kappa shape index (κ3) is 4.67. The van der Waals surface area contributed by atoms with E-state index in [0.29, 0.717) is 6.42 Å². The summed E-state index contributed by atoms with van der Waals surface area (Å²) >= 11 is 11.4. The topological polar surface area (TPSA) is 17.1 Å². The van der Waals surface area contributed by atoms with E-state index in [4.69, 9.17) is 23.2 Å². The molecule has 15 heavy (non-hydrogen) atoms. The molecule has 0 amide bonds. The second-order valence-corrected chi connectivity index (χ2v) is 5.36. The van der Waals surface area contributed by atoms with Crippen molar-refractivity contribution in [1.82, 2.24) is 0 Å². The number of ketones is 1. The molecule has 3 heteroatoms. The zero-order valence-corrected chi connectivity index (χ0v) is 10.2. The number of halogens is 2. The van der Waals surface area contributed by atoms with E-state index < -0.39 is 4.33 Å². The molecule has 0 N–H and O–H groups in total. The first-order valence-corrected chi connectivity index (χ1v) is 5.71. The molecule has 0 aliphatic rings. The van der Waals surface area contributed by atoms with Crippen LogP contribution in [0.2, 0.25) is 0 Å². The van der Waals surface area contributed by atoms with Crippen molar-refractivity contribution in [3.63, 3.8) is 0 Å². The number of alkyl halides is 2.